The van der Waals surface area contributed by atoms with Crippen LogP contribution in [0.2, 0.25) is 0 Å². The second kappa shape index (κ2) is 7.21. The normalized spacial score (nSPS) is 11.2. The van der Waals surface area contributed by atoms with E-state index in [1.165, 1.54) is 35.7 Å². The molecule has 2 heterocycles. The lowest BCUT2D eigenvalue weighted by Gasteiger charge is -2.13. The van der Waals surface area contributed by atoms with Gasteiger partial charge in [0, 0.05) is 0 Å². The van der Waals surface area contributed by atoms with Crippen molar-refractivity contribution in [1.29, 1.82) is 0 Å². The molecule has 0 bridgehead atoms. The van der Waals surface area contributed by atoms with Crippen molar-refractivity contribution in [1.82, 2.24) is 19.7 Å². The molecule has 0 aliphatic rings. The van der Waals surface area contributed by atoms with Gasteiger partial charge in [0.1, 0.15) is 18.4 Å². The van der Waals surface area contributed by atoms with Crippen LogP contribution in [0.25, 0.3) is 5.82 Å². The first-order chi connectivity index (χ1) is 12.4. The third-order valence-electron chi connectivity index (χ3n) is 3.24. The molecule has 0 atom stereocenters. The molecule has 0 aliphatic carbocycles. The largest absolute Gasteiger partial charge is 0.483 e. The maximum Gasteiger partial charge on any atom is 0.419 e. The zero-order chi connectivity index (χ0) is 18.6. The van der Waals surface area contributed by atoms with Gasteiger partial charge in [-0.3, -0.25) is 4.79 Å². The Labute approximate surface area is 145 Å². The number of anilines is 1. The number of hydrogen-bond donors (Lipinski definition) is 1. The van der Waals surface area contributed by atoms with Gasteiger partial charge < -0.3 is 10.1 Å². The van der Waals surface area contributed by atoms with Crippen LogP contribution in [0.1, 0.15) is 5.56 Å². The van der Waals surface area contributed by atoms with Crippen LogP contribution in [0, 0.1) is 0 Å². The summed E-state index contributed by atoms with van der Waals surface area (Å²) in [6, 6.07) is 7.87. The monoisotopic (exact) mass is 363 g/mol. The minimum atomic E-state index is -4.56. The lowest BCUT2D eigenvalue weighted by atomic mass is 10.2. The summed E-state index contributed by atoms with van der Waals surface area (Å²) in [5.41, 5.74) is -0.571. The summed E-state index contributed by atoms with van der Waals surface area (Å²) < 4.78 is 45.1. The Balaban J connectivity index is 1.60. The van der Waals surface area contributed by atoms with Gasteiger partial charge >= 0.3 is 6.18 Å². The van der Waals surface area contributed by atoms with Crippen molar-refractivity contribution in [3.05, 3.63) is 60.8 Å². The van der Waals surface area contributed by atoms with Crippen LogP contribution in [0.5, 0.6) is 5.75 Å². The standard InChI is InChI=1S/C16H12F3N5O2/c17-16(18,19)12-3-1-2-4-13(12)26-8-15(25)23-11-5-6-14(21-7-11)24-10-20-9-22-24/h1-7,9-10H,8H2,(H,23,25). The topological polar surface area (TPSA) is 81.9 Å². The summed E-state index contributed by atoms with van der Waals surface area (Å²) >= 11 is 0. The van der Waals surface area contributed by atoms with E-state index in [1.54, 1.807) is 12.1 Å². The molecule has 0 saturated carbocycles. The Bertz CT molecular complexity index is 880. The number of benzene rings is 1. The maximum absolute atomic E-state index is 12.9. The van der Waals surface area contributed by atoms with Crippen LogP contribution in [0.15, 0.2) is 55.2 Å². The number of halogens is 3. The van der Waals surface area contributed by atoms with Gasteiger partial charge in [-0.25, -0.2) is 14.6 Å². The van der Waals surface area contributed by atoms with Crippen LogP contribution in [0.3, 0.4) is 0 Å². The van der Waals surface area contributed by atoms with E-state index in [-0.39, 0.29) is 0 Å². The van der Waals surface area contributed by atoms with E-state index in [1.807, 2.05) is 0 Å². The van der Waals surface area contributed by atoms with Gasteiger partial charge in [-0.15, -0.1) is 0 Å². The Kier molecular flexibility index (Phi) is 4.83. The van der Waals surface area contributed by atoms with E-state index in [9.17, 15) is 18.0 Å². The highest BCUT2D eigenvalue weighted by atomic mass is 19.4. The number of alkyl halides is 3. The van der Waals surface area contributed by atoms with Gasteiger partial charge in [-0.2, -0.15) is 18.3 Å². The number of ether oxygens (including phenoxy) is 1. The molecule has 0 unspecified atom stereocenters. The number of carbonyl (C=O) groups is 1. The van der Waals surface area contributed by atoms with Crippen molar-refractivity contribution < 1.29 is 22.7 Å². The molecule has 134 valence electrons. The molecule has 0 saturated heterocycles. The summed E-state index contributed by atoms with van der Waals surface area (Å²) in [6.45, 7) is -0.572. The van der Waals surface area contributed by atoms with Crippen molar-refractivity contribution in [2.24, 2.45) is 0 Å². The quantitative estimate of drug-likeness (QED) is 0.754. The van der Waals surface area contributed by atoms with Crippen LogP contribution in [-0.4, -0.2) is 32.3 Å². The molecular weight excluding hydrogens is 351 g/mol. The van der Waals surface area contributed by atoms with Crippen molar-refractivity contribution in [3.63, 3.8) is 0 Å². The number of para-hydroxylation sites is 1. The fourth-order valence-corrected chi connectivity index (χ4v) is 2.09. The predicted octanol–water partition coefficient (Wildman–Crippen LogP) is 2.70. The van der Waals surface area contributed by atoms with E-state index in [0.29, 0.717) is 11.5 Å². The molecule has 3 rings (SSSR count). The maximum atomic E-state index is 12.9. The minimum Gasteiger partial charge on any atom is -0.483 e. The fraction of sp³-hybridized carbons (Fsp3) is 0.125. The molecule has 0 aliphatic heterocycles. The van der Waals surface area contributed by atoms with E-state index >= 15 is 0 Å². The van der Waals surface area contributed by atoms with Crippen molar-refractivity contribution in [2.45, 2.75) is 6.18 Å². The second-order valence-corrected chi connectivity index (χ2v) is 5.08. The molecule has 1 amide bonds. The van der Waals surface area contributed by atoms with Crippen LogP contribution in [-0.2, 0) is 11.0 Å². The molecular formula is C16H12F3N5O2. The number of rotatable bonds is 5. The molecule has 10 heteroatoms. The number of nitrogens with zero attached hydrogens (tertiary/aromatic N) is 4. The summed E-state index contributed by atoms with van der Waals surface area (Å²) in [5.74, 6) is -0.525. The lowest BCUT2D eigenvalue weighted by Crippen LogP contribution is -2.21. The molecule has 3 aromatic rings. The molecule has 0 fully saturated rings. The lowest BCUT2D eigenvalue weighted by molar-refractivity contribution is -0.139. The summed E-state index contributed by atoms with van der Waals surface area (Å²) in [6.07, 6.45) is -0.354. The average Bonchev–Trinajstić information content (AvgIpc) is 3.15. The van der Waals surface area contributed by atoms with Gasteiger partial charge in [-0.05, 0) is 24.3 Å². The van der Waals surface area contributed by atoms with Gasteiger partial charge in [0.25, 0.3) is 5.91 Å². The van der Waals surface area contributed by atoms with E-state index in [2.05, 4.69) is 20.4 Å². The first-order valence-corrected chi connectivity index (χ1v) is 7.33. The Hall–Kier alpha value is -3.43. The van der Waals surface area contributed by atoms with E-state index < -0.39 is 30.0 Å². The number of hydrogen-bond acceptors (Lipinski definition) is 5. The van der Waals surface area contributed by atoms with E-state index in [0.717, 1.165) is 12.1 Å². The zero-order valence-electron chi connectivity index (χ0n) is 13.1. The minimum absolute atomic E-state index is 0.367. The Morgan fingerprint density at radius 3 is 2.65 bits per heavy atom. The number of nitrogens with one attached hydrogen (secondary N) is 1. The fourth-order valence-electron chi connectivity index (χ4n) is 2.09. The summed E-state index contributed by atoms with van der Waals surface area (Å²) in [5, 5.41) is 6.40. The highest BCUT2D eigenvalue weighted by molar-refractivity contribution is 5.91. The highest BCUT2D eigenvalue weighted by Crippen LogP contribution is 2.35. The Morgan fingerprint density at radius 1 is 1.19 bits per heavy atom. The smallest absolute Gasteiger partial charge is 0.419 e. The van der Waals surface area contributed by atoms with Gasteiger partial charge in [0.2, 0.25) is 0 Å². The van der Waals surface area contributed by atoms with Gasteiger partial charge in [0.05, 0.1) is 17.4 Å². The van der Waals surface area contributed by atoms with Crippen LogP contribution < -0.4 is 10.1 Å². The molecule has 7 nitrogen and oxygen atoms in total. The highest BCUT2D eigenvalue weighted by Gasteiger charge is 2.34. The number of pyridine rings is 1. The molecule has 26 heavy (non-hydrogen) atoms. The van der Waals surface area contributed by atoms with E-state index in [4.69, 9.17) is 4.74 Å². The number of amides is 1. The third-order valence-corrected chi connectivity index (χ3v) is 3.24. The first kappa shape index (κ1) is 17.4. The first-order valence-electron chi connectivity index (χ1n) is 7.33. The van der Waals surface area contributed by atoms with Gasteiger partial charge in [-0.1, -0.05) is 12.1 Å². The molecule has 0 spiro atoms. The zero-order valence-corrected chi connectivity index (χ0v) is 13.1. The summed E-state index contributed by atoms with van der Waals surface area (Å²) in [7, 11) is 0. The summed E-state index contributed by atoms with van der Waals surface area (Å²) in [4.78, 5) is 19.8. The predicted molar refractivity (Wildman–Crippen MR) is 84.7 cm³/mol. The molecule has 0 radical (unpaired) electrons. The SMILES string of the molecule is O=C(COc1ccccc1C(F)(F)F)Nc1ccc(-n2cncn2)nc1. The molecule has 1 N–H and O–H groups in total. The third kappa shape index (κ3) is 4.15. The van der Waals surface area contributed by atoms with Crippen molar-refractivity contribution in [2.75, 3.05) is 11.9 Å². The second-order valence-electron chi connectivity index (χ2n) is 5.08. The number of aromatic nitrogens is 4. The molecule has 2 aromatic heterocycles. The van der Waals surface area contributed by atoms with Crippen LogP contribution >= 0.6 is 0 Å². The average molecular weight is 363 g/mol. The number of carbonyl (C=O) groups excluding carboxylic acids is 1. The van der Waals surface area contributed by atoms with Crippen molar-refractivity contribution >= 4 is 11.6 Å². The van der Waals surface area contributed by atoms with Gasteiger partial charge in [0.15, 0.2) is 12.4 Å². The molecule has 1 aromatic carbocycles. The van der Waals surface area contributed by atoms with Crippen LogP contribution in [0.4, 0.5) is 18.9 Å². The van der Waals surface area contributed by atoms with Crippen molar-refractivity contribution in [3.8, 4) is 11.6 Å². The Morgan fingerprint density at radius 2 is 2.00 bits per heavy atom.